The normalized spacial score (nSPS) is 23.8. The van der Waals surface area contributed by atoms with Gasteiger partial charge in [-0.1, -0.05) is 0 Å². The number of pyridine rings is 1. The second-order valence-corrected chi connectivity index (χ2v) is 7.78. The van der Waals surface area contributed by atoms with Gasteiger partial charge in [-0.25, -0.2) is 9.18 Å². The van der Waals surface area contributed by atoms with Gasteiger partial charge in [-0.3, -0.25) is 4.79 Å². The Balaban J connectivity index is 1.74. The van der Waals surface area contributed by atoms with Crippen LogP contribution in [0, 0.1) is 17.1 Å². The lowest BCUT2D eigenvalue weighted by atomic mass is 10.0. The Labute approximate surface area is 165 Å². The number of hydrogen-bond acceptors (Lipinski definition) is 6. The number of aromatic carboxylic acids is 1. The zero-order valence-corrected chi connectivity index (χ0v) is 15.5. The van der Waals surface area contributed by atoms with E-state index in [0.717, 1.165) is 25.5 Å². The largest absolute Gasteiger partial charge is 0.477 e. The second-order valence-electron chi connectivity index (χ2n) is 7.78. The minimum Gasteiger partial charge on any atom is -0.477 e. The minimum absolute atomic E-state index is 0.00719. The molecule has 5 rings (SSSR count). The standard InChI is InChI=1S/C20H19FN4O4/c21-14-5-11-17(25(10-1-2-10)7-13(19(11)26)20(27)28)12(6-22)18(14)24-8-15-16(9-24)29-4-3-23-15/h5,7,10,15-16,23H,1-4,8-9H2,(H,27,28)/t15-,16-/m0/s1. The Morgan fingerprint density at radius 3 is 2.83 bits per heavy atom. The van der Waals surface area contributed by atoms with Crippen molar-refractivity contribution in [2.24, 2.45) is 0 Å². The van der Waals surface area contributed by atoms with Gasteiger partial charge in [-0.2, -0.15) is 5.26 Å². The molecule has 0 amide bonds. The van der Waals surface area contributed by atoms with E-state index in [1.807, 2.05) is 0 Å². The van der Waals surface area contributed by atoms with Gasteiger partial charge in [0.05, 0.1) is 35.3 Å². The van der Waals surface area contributed by atoms with Crippen LogP contribution in [0.5, 0.6) is 0 Å². The van der Waals surface area contributed by atoms with Gasteiger partial charge < -0.3 is 24.6 Å². The first-order chi connectivity index (χ1) is 14.0. The summed E-state index contributed by atoms with van der Waals surface area (Å²) in [6.07, 6.45) is 2.84. The van der Waals surface area contributed by atoms with Gasteiger partial charge in [0.25, 0.3) is 0 Å². The van der Waals surface area contributed by atoms with Crippen molar-refractivity contribution in [1.82, 2.24) is 9.88 Å². The van der Waals surface area contributed by atoms with Crippen LogP contribution in [0.1, 0.15) is 34.8 Å². The molecule has 1 aromatic heterocycles. The average molecular weight is 398 g/mol. The second kappa shape index (κ2) is 6.54. The van der Waals surface area contributed by atoms with Gasteiger partial charge in [0, 0.05) is 31.9 Å². The van der Waals surface area contributed by atoms with Gasteiger partial charge in [-0.05, 0) is 18.9 Å². The van der Waals surface area contributed by atoms with Crippen molar-refractivity contribution in [3.05, 3.63) is 39.4 Å². The number of carbonyl (C=O) groups is 1. The number of rotatable bonds is 3. The van der Waals surface area contributed by atoms with Crippen LogP contribution in [0.25, 0.3) is 10.9 Å². The van der Waals surface area contributed by atoms with Crippen LogP contribution < -0.4 is 15.6 Å². The zero-order chi connectivity index (χ0) is 20.3. The highest BCUT2D eigenvalue weighted by molar-refractivity contribution is 5.96. The van der Waals surface area contributed by atoms with Crippen LogP contribution in [-0.4, -0.2) is 54.0 Å². The molecule has 9 heteroatoms. The molecular formula is C20H19FN4O4. The highest BCUT2D eigenvalue weighted by Crippen LogP contribution is 2.40. The number of aromatic nitrogens is 1. The molecule has 1 aromatic carbocycles. The van der Waals surface area contributed by atoms with E-state index in [-0.39, 0.29) is 34.8 Å². The fourth-order valence-electron chi connectivity index (χ4n) is 4.46. The maximum atomic E-state index is 15.2. The third-order valence-electron chi connectivity index (χ3n) is 5.95. The first-order valence-electron chi connectivity index (χ1n) is 9.64. The molecule has 0 unspecified atom stereocenters. The highest BCUT2D eigenvalue weighted by atomic mass is 19.1. The van der Waals surface area contributed by atoms with Crippen molar-refractivity contribution >= 4 is 22.6 Å². The maximum Gasteiger partial charge on any atom is 0.341 e. The Kier molecular flexibility index (Phi) is 4.08. The van der Waals surface area contributed by atoms with Gasteiger partial charge in [0.2, 0.25) is 5.43 Å². The summed E-state index contributed by atoms with van der Waals surface area (Å²) in [7, 11) is 0. The van der Waals surface area contributed by atoms with E-state index in [9.17, 15) is 20.0 Å². The van der Waals surface area contributed by atoms with Crippen molar-refractivity contribution in [2.45, 2.75) is 31.0 Å². The topological polar surface area (TPSA) is 108 Å². The quantitative estimate of drug-likeness (QED) is 0.800. The molecular weight excluding hydrogens is 379 g/mol. The predicted molar refractivity (Wildman–Crippen MR) is 102 cm³/mol. The lowest BCUT2D eigenvalue weighted by molar-refractivity contribution is 0.0212. The molecule has 2 aliphatic heterocycles. The molecule has 2 N–H and O–H groups in total. The lowest BCUT2D eigenvalue weighted by Crippen LogP contribution is -2.47. The van der Waals surface area contributed by atoms with Crippen molar-refractivity contribution in [1.29, 1.82) is 5.26 Å². The molecule has 0 radical (unpaired) electrons. The highest BCUT2D eigenvalue weighted by Gasteiger charge is 2.38. The summed E-state index contributed by atoms with van der Waals surface area (Å²) in [5, 5.41) is 22.6. The van der Waals surface area contributed by atoms with E-state index in [1.54, 1.807) is 9.47 Å². The van der Waals surface area contributed by atoms with Crippen molar-refractivity contribution in [2.75, 3.05) is 31.1 Å². The smallest absolute Gasteiger partial charge is 0.341 e. The Bertz CT molecular complexity index is 1120. The minimum atomic E-state index is -1.36. The van der Waals surface area contributed by atoms with Crippen LogP contribution in [0.4, 0.5) is 10.1 Å². The molecule has 3 fully saturated rings. The number of nitriles is 1. The van der Waals surface area contributed by atoms with Crippen LogP contribution in [0.2, 0.25) is 0 Å². The molecule has 2 saturated heterocycles. The first-order valence-corrected chi connectivity index (χ1v) is 9.64. The van der Waals surface area contributed by atoms with Crippen molar-refractivity contribution < 1.29 is 19.0 Å². The Morgan fingerprint density at radius 1 is 1.38 bits per heavy atom. The summed E-state index contributed by atoms with van der Waals surface area (Å²) in [5.41, 5.74) is -0.655. The average Bonchev–Trinajstić information content (AvgIpc) is 3.45. The van der Waals surface area contributed by atoms with Gasteiger partial charge in [0.15, 0.2) is 0 Å². The number of carboxylic acids is 1. The number of hydrogen-bond donors (Lipinski definition) is 2. The number of fused-ring (bicyclic) bond motifs is 2. The predicted octanol–water partition coefficient (Wildman–Crippen LogP) is 1.22. The summed E-state index contributed by atoms with van der Waals surface area (Å²) in [5.74, 6) is -2.06. The molecule has 1 aliphatic carbocycles. The molecule has 8 nitrogen and oxygen atoms in total. The fraction of sp³-hybridized carbons (Fsp3) is 0.450. The van der Waals surface area contributed by atoms with E-state index in [4.69, 9.17) is 4.74 Å². The summed E-state index contributed by atoms with van der Waals surface area (Å²) < 4.78 is 22.6. The summed E-state index contributed by atoms with van der Waals surface area (Å²) in [6.45, 7) is 2.23. The van der Waals surface area contributed by atoms with Crippen LogP contribution >= 0.6 is 0 Å². The first kappa shape index (κ1) is 18.1. The molecule has 2 atom stereocenters. The van der Waals surface area contributed by atoms with Crippen LogP contribution in [0.15, 0.2) is 17.1 Å². The fourth-order valence-corrected chi connectivity index (χ4v) is 4.46. The van der Waals surface area contributed by atoms with Crippen molar-refractivity contribution in [3.8, 4) is 6.07 Å². The van der Waals surface area contributed by atoms with Crippen LogP contribution in [-0.2, 0) is 4.74 Å². The molecule has 0 bridgehead atoms. The lowest BCUT2D eigenvalue weighted by Gasteiger charge is -2.25. The van der Waals surface area contributed by atoms with E-state index >= 15 is 4.39 Å². The van der Waals surface area contributed by atoms with Gasteiger partial charge in [-0.15, -0.1) is 0 Å². The summed E-state index contributed by atoms with van der Waals surface area (Å²) in [4.78, 5) is 26.0. The van der Waals surface area contributed by atoms with Gasteiger partial charge >= 0.3 is 5.97 Å². The molecule has 3 heterocycles. The van der Waals surface area contributed by atoms with E-state index < -0.39 is 22.8 Å². The number of benzene rings is 1. The number of nitrogens with one attached hydrogen (secondary N) is 1. The Morgan fingerprint density at radius 2 is 2.17 bits per heavy atom. The third-order valence-corrected chi connectivity index (χ3v) is 5.95. The van der Waals surface area contributed by atoms with Gasteiger partial charge in [0.1, 0.15) is 23.0 Å². The number of halogens is 1. The summed E-state index contributed by atoms with van der Waals surface area (Å²) >= 11 is 0. The number of nitrogens with zero attached hydrogens (tertiary/aromatic N) is 3. The monoisotopic (exact) mass is 398 g/mol. The molecule has 3 aliphatic rings. The van der Waals surface area contributed by atoms with Crippen molar-refractivity contribution in [3.63, 3.8) is 0 Å². The SMILES string of the molecule is N#Cc1c(N2C[C@@H]3NCCO[C@H]3C2)c(F)cc2c(=O)c(C(=O)O)cn(C3CC3)c12. The molecule has 1 saturated carbocycles. The number of carboxylic acid groups (broad SMARTS) is 1. The van der Waals surface area contributed by atoms with Crippen LogP contribution in [0.3, 0.4) is 0 Å². The zero-order valence-electron chi connectivity index (χ0n) is 15.5. The number of ether oxygens (including phenoxy) is 1. The number of morpholine rings is 1. The van der Waals surface area contributed by atoms with E-state index in [1.165, 1.54) is 6.20 Å². The Hall–Kier alpha value is -2.96. The summed E-state index contributed by atoms with van der Waals surface area (Å²) in [6, 6.07) is 3.22. The third kappa shape index (κ3) is 2.79. The van der Waals surface area contributed by atoms with E-state index in [0.29, 0.717) is 25.2 Å². The molecule has 29 heavy (non-hydrogen) atoms. The van der Waals surface area contributed by atoms with E-state index in [2.05, 4.69) is 11.4 Å². The number of anilines is 1. The molecule has 2 aromatic rings. The molecule has 150 valence electrons. The maximum absolute atomic E-state index is 15.2. The molecule has 0 spiro atoms.